The molecule has 2 unspecified atom stereocenters. The van der Waals surface area contributed by atoms with Crippen molar-refractivity contribution in [2.75, 3.05) is 19.7 Å². The Bertz CT molecular complexity index is 530. The van der Waals surface area contributed by atoms with E-state index in [4.69, 9.17) is 4.74 Å². The highest BCUT2D eigenvalue weighted by atomic mass is 31.0. The van der Waals surface area contributed by atoms with E-state index in [0.29, 0.717) is 13.2 Å². The summed E-state index contributed by atoms with van der Waals surface area (Å²) in [6, 6.07) is 3.51. The van der Waals surface area contributed by atoms with Gasteiger partial charge in [-0.05, 0) is 42.9 Å². The number of aryl methyl sites for hydroxylation is 1. The summed E-state index contributed by atoms with van der Waals surface area (Å²) in [6.45, 7) is 4.95. The number of hydrogen-bond acceptors (Lipinski definition) is 2. The van der Waals surface area contributed by atoms with Crippen LogP contribution in [0.4, 0.5) is 8.78 Å². The summed E-state index contributed by atoms with van der Waals surface area (Å²) in [5, 5.41) is 0. The molecule has 1 aromatic rings. The number of fused-ring (bicyclic) bond motifs is 1. The molecule has 0 bridgehead atoms. The van der Waals surface area contributed by atoms with Crippen molar-refractivity contribution in [2.45, 2.75) is 44.5 Å². The van der Waals surface area contributed by atoms with Gasteiger partial charge in [-0.25, -0.2) is 0 Å². The van der Waals surface area contributed by atoms with Gasteiger partial charge in [0.2, 0.25) is 0 Å². The van der Waals surface area contributed by atoms with E-state index in [-0.39, 0.29) is 11.7 Å². The normalized spacial score (nSPS) is 23.3. The molecular formula is C16H22F2NOP. The molecule has 21 heavy (non-hydrogen) atoms. The standard InChI is InChI=1S/C16H22F2NOP/c1-11-9-19(7-8-20-11)10-14-13-4-2-3-12(13)5-6-15(14)16(17,18)21/h5-6,11H,2-4,7-10,21H2,1H3. The van der Waals surface area contributed by atoms with Crippen molar-refractivity contribution < 1.29 is 13.5 Å². The van der Waals surface area contributed by atoms with Crippen LogP contribution in [0.2, 0.25) is 0 Å². The van der Waals surface area contributed by atoms with Crippen LogP contribution in [0.5, 0.6) is 0 Å². The zero-order valence-corrected chi connectivity index (χ0v) is 13.5. The molecule has 116 valence electrons. The molecule has 0 saturated carbocycles. The zero-order chi connectivity index (χ0) is 15.0. The summed E-state index contributed by atoms with van der Waals surface area (Å²) in [5.74, 6) is 0. The van der Waals surface area contributed by atoms with E-state index in [0.717, 1.165) is 43.5 Å². The maximum absolute atomic E-state index is 13.9. The molecule has 2 aliphatic rings. The first-order chi connectivity index (χ1) is 9.95. The third-order valence-electron chi connectivity index (χ3n) is 4.47. The van der Waals surface area contributed by atoms with E-state index in [1.807, 2.05) is 13.0 Å². The Morgan fingerprint density at radius 2 is 2.19 bits per heavy atom. The van der Waals surface area contributed by atoms with Crippen LogP contribution in [-0.2, 0) is 29.8 Å². The van der Waals surface area contributed by atoms with Gasteiger partial charge in [0.25, 0.3) is 5.66 Å². The second-order valence-electron chi connectivity index (χ2n) is 6.12. The second-order valence-corrected chi connectivity index (χ2v) is 6.85. The highest BCUT2D eigenvalue weighted by Gasteiger charge is 2.32. The molecule has 0 spiro atoms. The molecule has 1 aliphatic carbocycles. The first kappa shape index (κ1) is 15.3. The van der Waals surface area contributed by atoms with Crippen molar-refractivity contribution in [1.82, 2.24) is 4.90 Å². The van der Waals surface area contributed by atoms with E-state index in [1.54, 1.807) is 15.3 Å². The van der Waals surface area contributed by atoms with Crippen molar-refractivity contribution in [3.8, 4) is 0 Å². The number of ether oxygens (including phenoxy) is 1. The Kier molecular flexibility index (Phi) is 4.31. The second kappa shape index (κ2) is 5.91. The van der Waals surface area contributed by atoms with Gasteiger partial charge in [-0.2, -0.15) is 8.78 Å². The van der Waals surface area contributed by atoms with Crippen LogP contribution >= 0.6 is 9.24 Å². The topological polar surface area (TPSA) is 12.5 Å². The lowest BCUT2D eigenvalue weighted by atomic mass is 9.96. The van der Waals surface area contributed by atoms with Crippen LogP contribution in [0, 0.1) is 0 Å². The Balaban J connectivity index is 1.93. The van der Waals surface area contributed by atoms with Gasteiger partial charge in [0.1, 0.15) is 0 Å². The van der Waals surface area contributed by atoms with Crippen LogP contribution in [0.1, 0.15) is 35.6 Å². The predicted molar refractivity (Wildman–Crippen MR) is 82.8 cm³/mol. The van der Waals surface area contributed by atoms with Crippen LogP contribution in [0.15, 0.2) is 12.1 Å². The quantitative estimate of drug-likeness (QED) is 0.794. The van der Waals surface area contributed by atoms with Gasteiger partial charge in [-0.3, -0.25) is 4.90 Å². The molecule has 1 heterocycles. The van der Waals surface area contributed by atoms with Gasteiger partial charge in [-0.1, -0.05) is 21.4 Å². The van der Waals surface area contributed by atoms with E-state index in [2.05, 4.69) is 4.90 Å². The molecule has 0 amide bonds. The number of benzene rings is 1. The molecule has 2 nitrogen and oxygen atoms in total. The van der Waals surface area contributed by atoms with Crippen LogP contribution in [-0.4, -0.2) is 30.7 Å². The molecule has 3 rings (SSSR count). The van der Waals surface area contributed by atoms with Crippen molar-refractivity contribution >= 4 is 9.24 Å². The molecule has 0 N–H and O–H groups in total. The molecule has 0 radical (unpaired) electrons. The number of rotatable bonds is 3. The molecule has 1 saturated heterocycles. The number of halogens is 2. The lowest BCUT2D eigenvalue weighted by molar-refractivity contribution is -0.0217. The molecular weight excluding hydrogens is 291 g/mol. The maximum Gasteiger partial charge on any atom is 0.284 e. The van der Waals surface area contributed by atoms with Crippen molar-refractivity contribution in [1.29, 1.82) is 0 Å². The lowest BCUT2D eigenvalue weighted by Crippen LogP contribution is -2.41. The maximum atomic E-state index is 13.9. The lowest BCUT2D eigenvalue weighted by Gasteiger charge is -2.32. The summed E-state index contributed by atoms with van der Waals surface area (Å²) in [6.07, 6.45) is 3.20. The molecule has 1 aromatic carbocycles. The summed E-state index contributed by atoms with van der Waals surface area (Å²) in [7, 11) is 1.69. The monoisotopic (exact) mass is 313 g/mol. The van der Waals surface area contributed by atoms with Gasteiger partial charge in [-0.15, -0.1) is 0 Å². The predicted octanol–water partition coefficient (Wildman–Crippen LogP) is 3.32. The average Bonchev–Trinajstić information content (AvgIpc) is 2.86. The molecule has 1 fully saturated rings. The third kappa shape index (κ3) is 3.28. The highest BCUT2D eigenvalue weighted by molar-refractivity contribution is 7.17. The molecule has 1 aliphatic heterocycles. The van der Waals surface area contributed by atoms with E-state index in [9.17, 15) is 8.78 Å². The van der Waals surface area contributed by atoms with Crippen LogP contribution in [0.3, 0.4) is 0 Å². The smallest absolute Gasteiger partial charge is 0.284 e. The van der Waals surface area contributed by atoms with Gasteiger partial charge >= 0.3 is 0 Å². The van der Waals surface area contributed by atoms with Gasteiger partial charge < -0.3 is 4.74 Å². The Morgan fingerprint density at radius 3 is 2.90 bits per heavy atom. The summed E-state index contributed by atoms with van der Waals surface area (Å²) < 4.78 is 33.4. The van der Waals surface area contributed by atoms with Crippen LogP contribution in [0.25, 0.3) is 0 Å². The SMILES string of the molecule is CC1CN(Cc2c(C(F)(F)P)ccc3c2CCC3)CCO1. The van der Waals surface area contributed by atoms with Gasteiger partial charge in [0, 0.05) is 25.2 Å². The summed E-state index contributed by atoms with van der Waals surface area (Å²) >= 11 is 0. The minimum absolute atomic E-state index is 0.173. The van der Waals surface area contributed by atoms with Crippen molar-refractivity contribution in [2.24, 2.45) is 0 Å². The fourth-order valence-corrected chi connectivity index (χ4v) is 3.76. The number of morpholine rings is 1. The minimum atomic E-state index is -2.86. The highest BCUT2D eigenvalue weighted by Crippen LogP contribution is 2.41. The molecule has 2 atom stereocenters. The summed E-state index contributed by atoms with van der Waals surface area (Å²) in [5.41, 5.74) is 0.578. The Morgan fingerprint density at radius 1 is 1.38 bits per heavy atom. The number of hydrogen-bond donors (Lipinski definition) is 0. The fraction of sp³-hybridized carbons (Fsp3) is 0.625. The minimum Gasteiger partial charge on any atom is -0.376 e. The molecule has 5 heteroatoms. The number of nitrogens with zero attached hydrogens (tertiary/aromatic N) is 1. The first-order valence-electron chi connectivity index (χ1n) is 7.60. The zero-order valence-electron chi connectivity index (χ0n) is 12.4. The third-order valence-corrected chi connectivity index (χ3v) is 4.78. The van der Waals surface area contributed by atoms with Crippen LogP contribution < -0.4 is 0 Å². The van der Waals surface area contributed by atoms with E-state index < -0.39 is 5.66 Å². The number of alkyl halides is 2. The van der Waals surface area contributed by atoms with Gasteiger partial charge in [0.15, 0.2) is 0 Å². The Hall–Kier alpha value is -0.570. The average molecular weight is 313 g/mol. The first-order valence-corrected chi connectivity index (χ1v) is 8.17. The molecule has 0 aromatic heterocycles. The largest absolute Gasteiger partial charge is 0.376 e. The van der Waals surface area contributed by atoms with E-state index >= 15 is 0 Å². The van der Waals surface area contributed by atoms with Crippen molar-refractivity contribution in [3.63, 3.8) is 0 Å². The summed E-state index contributed by atoms with van der Waals surface area (Å²) in [4.78, 5) is 2.24. The fourth-order valence-electron chi connectivity index (χ4n) is 3.49. The van der Waals surface area contributed by atoms with Gasteiger partial charge in [0.05, 0.1) is 12.7 Å². The van der Waals surface area contributed by atoms with Crippen molar-refractivity contribution in [3.05, 3.63) is 34.4 Å². The van der Waals surface area contributed by atoms with E-state index in [1.165, 1.54) is 5.56 Å². The Labute approximate surface area is 127 Å².